The SMILES string of the molecule is Cc1c(C=C2SC(=S)N(C(C)c3ccccc3)C2=O)c(N2CCN(c3ccc(F)cc3)CC2)n(C)c(=O)c1C#N. The van der Waals surface area contributed by atoms with Crippen LogP contribution >= 0.6 is 24.0 Å². The number of thiocarbonyl (C=S) groups is 1. The molecule has 7 nitrogen and oxygen atoms in total. The van der Waals surface area contributed by atoms with Gasteiger partial charge in [-0.3, -0.25) is 19.1 Å². The molecule has 0 radical (unpaired) electrons. The molecule has 2 aromatic carbocycles. The average Bonchev–Trinajstić information content (AvgIpc) is 3.25. The van der Waals surface area contributed by atoms with Crippen molar-refractivity contribution in [3.63, 3.8) is 0 Å². The molecular weight excluding hydrogens is 545 g/mol. The number of pyridine rings is 1. The van der Waals surface area contributed by atoms with Crippen molar-refractivity contribution in [1.29, 1.82) is 5.26 Å². The standard InChI is InChI=1S/C30H28FN5O2S2/c1-19-24(17-26-29(38)36(30(39)40-26)20(2)21-7-5-4-6-8-21)27(33(3)28(37)25(19)18-32)35-15-13-34(14-16-35)23-11-9-22(31)10-12-23/h4-12,17,20H,13-16H2,1-3H3. The van der Waals surface area contributed by atoms with Crippen LogP contribution in [0.25, 0.3) is 6.08 Å². The Hall–Kier alpha value is -3.94. The minimum absolute atomic E-state index is 0.0515. The van der Waals surface area contributed by atoms with Crippen molar-refractivity contribution < 1.29 is 9.18 Å². The molecule has 0 saturated carbocycles. The normalized spacial score (nSPS) is 17.5. The van der Waals surface area contributed by atoms with Gasteiger partial charge in [-0.25, -0.2) is 4.39 Å². The van der Waals surface area contributed by atoms with Crippen LogP contribution < -0.4 is 15.4 Å². The van der Waals surface area contributed by atoms with Crippen molar-refractivity contribution in [3.8, 4) is 6.07 Å². The summed E-state index contributed by atoms with van der Waals surface area (Å²) in [6, 6.07) is 17.9. The van der Waals surface area contributed by atoms with E-state index in [9.17, 15) is 19.2 Å². The van der Waals surface area contributed by atoms with Gasteiger partial charge in [-0.2, -0.15) is 5.26 Å². The monoisotopic (exact) mass is 573 g/mol. The summed E-state index contributed by atoms with van der Waals surface area (Å²) in [7, 11) is 1.66. The van der Waals surface area contributed by atoms with Gasteiger partial charge >= 0.3 is 0 Å². The minimum atomic E-state index is -0.377. The van der Waals surface area contributed by atoms with Gasteiger partial charge in [-0.05, 0) is 55.3 Å². The first-order valence-corrected chi connectivity index (χ1v) is 14.1. The van der Waals surface area contributed by atoms with Crippen LogP contribution in [0.15, 0.2) is 64.3 Å². The predicted octanol–water partition coefficient (Wildman–Crippen LogP) is 4.99. The molecule has 1 unspecified atom stereocenters. The summed E-state index contributed by atoms with van der Waals surface area (Å²) in [6.07, 6.45) is 1.77. The van der Waals surface area contributed by atoms with Crippen LogP contribution in [-0.2, 0) is 11.8 Å². The van der Waals surface area contributed by atoms with Crippen LogP contribution in [0, 0.1) is 24.1 Å². The third-order valence-corrected chi connectivity index (χ3v) is 8.84. The van der Waals surface area contributed by atoms with Gasteiger partial charge < -0.3 is 9.80 Å². The summed E-state index contributed by atoms with van der Waals surface area (Å²) >= 11 is 6.85. The zero-order valence-electron chi connectivity index (χ0n) is 22.4. The maximum atomic E-state index is 13.6. The number of carbonyl (C=O) groups excluding carboxylic acids is 1. The van der Waals surface area contributed by atoms with Gasteiger partial charge in [0.25, 0.3) is 11.5 Å². The predicted molar refractivity (Wildman–Crippen MR) is 162 cm³/mol. The molecule has 2 aliphatic heterocycles. The molecule has 3 heterocycles. The molecule has 204 valence electrons. The first-order valence-electron chi connectivity index (χ1n) is 12.9. The summed E-state index contributed by atoms with van der Waals surface area (Å²) in [4.78, 5) is 33.1. The molecule has 0 bridgehead atoms. The molecule has 0 N–H and O–H groups in total. The van der Waals surface area contributed by atoms with Gasteiger partial charge in [-0.15, -0.1) is 0 Å². The number of benzene rings is 2. The van der Waals surface area contributed by atoms with Gasteiger partial charge in [0.15, 0.2) is 0 Å². The maximum Gasteiger partial charge on any atom is 0.270 e. The van der Waals surface area contributed by atoms with Crippen molar-refractivity contribution in [3.05, 3.63) is 97.9 Å². The molecule has 40 heavy (non-hydrogen) atoms. The summed E-state index contributed by atoms with van der Waals surface area (Å²) in [6.45, 7) is 6.22. The first-order chi connectivity index (χ1) is 19.2. The minimum Gasteiger partial charge on any atom is -0.368 e. The van der Waals surface area contributed by atoms with Crippen LogP contribution in [0.3, 0.4) is 0 Å². The average molecular weight is 574 g/mol. The Labute approximate surface area is 242 Å². The third kappa shape index (κ3) is 5.03. The van der Waals surface area contributed by atoms with E-state index in [0.29, 0.717) is 52.3 Å². The quantitative estimate of drug-likeness (QED) is 0.315. The number of nitrogens with zero attached hydrogens (tertiary/aromatic N) is 5. The van der Waals surface area contributed by atoms with E-state index < -0.39 is 0 Å². The van der Waals surface area contributed by atoms with E-state index in [4.69, 9.17) is 12.2 Å². The van der Waals surface area contributed by atoms with E-state index in [-0.39, 0.29) is 28.9 Å². The fourth-order valence-corrected chi connectivity index (χ4v) is 6.65. The highest BCUT2D eigenvalue weighted by Crippen LogP contribution is 2.39. The van der Waals surface area contributed by atoms with Crippen LogP contribution in [0.1, 0.15) is 35.2 Å². The number of piperazine rings is 1. The Bertz CT molecular complexity index is 1600. The number of thioether (sulfide) groups is 1. The fraction of sp³-hybridized carbons (Fsp3) is 0.267. The van der Waals surface area contributed by atoms with Gasteiger partial charge in [0.2, 0.25) is 0 Å². The molecule has 3 aromatic rings. The summed E-state index contributed by atoms with van der Waals surface area (Å²) in [5.41, 5.74) is 2.77. The van der Waals surface area contributed by atoms with Gasteiger partial charge in [0.1, 0.15) is 27.6 Å². The molecular formula is C30H28FN5O2S2. The van der Waals surface area contributed by atoms with Crippen LogP contribution in [-0.4, -0.2) is 45.9 Å². The second kappa shape index (κ2) is 11.3. The lowest BCUT2D eigenvalue weighted by molar-refractivity contribution is -0.123. The Morgan fingerprint density at radius 3 is 2.27 bits per heavy atom. The van der Waals surface area contributed by atoms with E-state index in [1.54, 1.807) is 37.1 Å². The van der Waals surface area contributed by atoms with Crippen molar-refractivity contribution in [2.75, 3.05) is 36.0 Å². The number of aromatic nitrogens is 1. The summed E-state index contributed by atoms with van der Waals surface area (Å²) < 4.78 is 15.4. The molecule has 1 atom stereocenters. The van der Waals surface area contributed by atoms with Gasteiger partial charge in [0.05, 0.1) is 10.9 Å². The molecule has 2 aliphatic rings. The summed E-state index contributed by atoms with van der Waals surface area (Å²) in [5, 5.41) is 9.79. The number of carbonyl (C=O) groups is 1. The zero-order chi connectivity index (χ0) is 28.6. The lowest BCUT2D eigenvalue weighted by atomic mass is 10.0. The first kappa shape index (κ1) is 27.6. The summed E-state index contributed by atoms with van der Waals surface area (Å²) in [5.74, 6) is 0.172. The zero-order valence-corrected chi connectivity index (χ0v) is 24.1. The Balaban J connectivity index is 1.50. The van der Waals surface area contributed by atoms with E-state index in [2.05, 4.69) is 15.9 Å². The van der Waals surface area contributed by atoms with Crippen LogP contribution in [0.4, 0.5) is 15.9 Å². The second-order valence-corrected chi connectivity index (χ2v) is 11.5. The molecule has 1 amide bonds. The number of amides is 1. The molecule has 0 spiro atoms. The Morgan fingerprint density at radius 1 is 1.02 bits per heavy atom. The van der Waals surface area contributed by atoms with E-state index in [0.717, 1.165) is 11.3 Å². The highest BCUT2D eigenvalue weighted by Gasteiger charge is 2.37. The lowest BCUT2D eigenvalue weighted by Crippen LogP contribution is -2.48. The van der Waals surface area contributed by atoms with E-state index in [1.165, 1.54) is 28.5 Å². The van der Waals surface area contributed by atoms with Crippen LogP contribution in [0.2, 0.25) is 0 Å². The molecule has 5 rings (SSSR count). The van der Waals surface area contributed by atoms with Crippen molar-refractivity contribution >= 4 is 51.8 Å². The number of nitriles is 1. The number of hydrogen-bond donors (Lipinski definition) is 0. The van der Waals surface area contributed by atoms with Crippen molar-refractivity contribution in [1.82, 2.24) is 9.47 Å². The molecule has 2 fully saturated rings. The Kier molecular flexibility index (Phi) is 7.79. The third-order valence-electron chi connectivity index (χ3n) is 7.51. The van der Waals surface area contributed by atoms with Crippen molar-refractivity contribution in [2.24, 2.45) is 7.05 Å². The van der Waals surface area contributed by atoms with Crippen molar-refractivity contribution in [2.45, 2.75) is 19.9 Å². The number of hydrogen-bond acceptors (Lipinski definition) is 7. The Morgan fingerprint density at radius 2 is 1.65 bits per heavy atom. The fourth-order valence-electron chi connectivity index (χ4n) is 5.25. The number of anilines is 2. The topological polar surface area (TPSA) is 72.6 Å². The number of halogens is 1. The molecule has 10 heteroatoms. The smallest absolute Gasteiger partial charge is 0.270 e. The lowest BCUT2D eigenvalue weighted by Gasteiger charge is -2.38. The number of rotatable bonds is 5. The molecule has 0 aliphatic carbocycles. The van der Waals surface area contributed by atoms with E-state index >= 15 is 0 Å². The van der Waals surface area contributed by atoms with Gasteiger partial charge in [-0.1, -0.05) is 54.3 Å². The maximum absolute atomic E-state index is 13.6. The largest absolute Gasteiger partial charge is 0.368 e. The van der Waals surface area contributed by atoms with E-state index in [1.807, 2.05) is 37.3 Å². The highest BCUT2D eigenvalue weighted by molar-refractivity contribution is 8.26. The highest BCUT2D eigenvalue weighted by atomic mass is 32.2. The van der Waals surface area contributed by atoms with Crippen LogP contribution in [0.5, 0.6) is 0 Å². The molecule has 1 aromatic heterocycles. The molecule has 2 saturated heterocycles. The second-order valence-electron chi connectivity index (χ2n) is 9.80. The van der Waals surface area contributed by atoms with Gasteiger partial charge in [0, 0.05) is 44.5 Å².